The minimum atomic E-state index is -5.08. The fourth-order valence-electron chi connectivity index (χ4n) is 4.10. The topological polar surface area (TPSA) is 90.0 Å². The fourth-order valence-corrected chi connectivity index (χ4v) is 4.77. The van der Waals surface area contributed by atoms with Gasteiger partial charge in [0.1, 0.15) is 0 Å². The second-order valence-corrected chi connectivity index (χ2v) is 8.42. The van der Waals surface area contributed by atoms with Crippen LogP contribution in [0.2, 0.25) is 0 Å². The molecule has 0 bridgehead atoms. The summed E-state index contributed by atoms with van der Waals surface area (Å²) < 4.78 is 31.7. The summed E-state index contributed by atoms with van der Waals surface area (Å²) in [5.41, 5.74) is 1.10. The number of likely N-dealkylation sites (N-methyl/N-ethyl adjacent to an activating group) is 1. The number of carbonyl (C=O) groups excluding carboxylic acids is 2. The summed E-state index contributed by atoms with van der Waals surface area (Å²) in [7, 11) is 1.70. The zero-order valence-corrected chi connectivity index (χ0v) is 17.8. The zero-order chi connectivity index (χ0) is 22.6. The van der Waals surface area contributed by atoms with Gasteiger partial charge in [-0.2, -0.15) is 24.5 Å². The van der Waals surface area contributed by atoms with Gasteiger partial charge in [-0.05, 0) is 48.6 Å². The van der Waals surface area contributed by atoms with Crippen molar-refractivity contribution in [2.75, 3.05) is 20.1 Å². The number of nitrogens with one attached hydrogen (secondary N) is 1. The van der Waals surface area contributed by atoms with E-state index in [4.69, 9.17) is 9.90 Å². The lowest BCUT2D eigenvalue weighted by atomic mass is 10.0. The van der Waals surface area contributed by atoms with Gasteiger partial charge < -0.3 is 15.3 Å². The highest BCUT2D eigenvalue weighted by molar-refractivity contribution is 7.08. The number of carbonyl (C=O) groups is 3. The van der Waals surface area contributed by atoms with Gasteiger partial charge in [0.25, 0.3) is 0 Å². The molecule has 3 heterocycles. The van der Waals surface area contributed by atoms with Crippen molar-refractivity contribution >= 4 is 29.1 Å². The third-order valence-electron chi connectivity index (χ3n) is 5.35. The Morgan fingerprint density at radius 3 is 2.40 bits per heavy atom. The number of aliphatic carboxylic acids is 1. The zero-order valence-electron chi connectivity index (χ0n) is 17.0. The van der Waals surface area contributed by atoms with Gasteiger partial charge in [-0.15, -0.1) is 0 Å². The van der Waals surface area contributed by atoms with Crippen molar-refractivity contribution in [1.82, 2.24) is 15.1 Å². The molecule has 2 N–H and O–H groups in total. The van der Waals surface area contributed by atoms with Crippen LogP contribution in [0, 0.1) is 5.92 Å². The van der Waals surface area contributed by atoms with Crippen molar-refractivity contribution in [3.8, 4) is 0 Å². The Morgan fingerprint density at radius 1 is 1.30 bits per heavy atom. The van der Waals surface area contributed by atoms with Gasteiger partial charge in [0.2, 0.25) is 11.8 Å². The number of carboxylic acids is 1. The second kappa shape index (κ2) is 9.78. The van der Waals surface area contributed by atoms with E-state index in [1.165, 1.54) is 0 Å². The fraction of sp³-hybridized carbons (Fsp3) is 0.632. The van der Waals surface area contributed by atoms with E-state index >= 15 is 0 Å². The minimum Gasteiger partial charge on any atom is -0.475 e. The molecular weight excluding hydrogens is 423 g/mol. The molecule has 3 atom stereocenters. The van der Waals surface area contributed by atoms with E-state index in [0.29, 0.717) is 24.4 Å². The number of alkyl halides is 3. The summed E-state index contributed by atoms with van der Waals surface area (Å²) >= 11 is 1.63. The molecular formula is C19H26F3N3O4S. The van der Waals surface area contributed by atoms with Gasteiger partial charge in [-0.3, -0.25) is 14.5 Å². The van der Waals surface area contributed by atoms with Crippen molar-refractivity contribution in [3.63, 3.8) is 0 Å². The van der Waals surface area contributed by atoms with Gasteiger partial charge in [0.05, 0.1) is 12.5 Å². The van der Waals surface area contributed by atoms with Crippen LogP contribution >= 0.6 is 11.3 Å². The molecule has 3 rings (SSSR count). The highest BCUT2D eigenvalue weighted by Crippen LogP contribution is 2.37. The van der Waals surface area contributed by atoms with E-state index in [2.05, 4.69) is 24.1 Å². The Morgan fingerprint density at radius 2 is 1.93 bits per heavy atom. The van der Waals surface area contributed by atoms with Crippen molar-refractivity contribution in [3.05, 3.63) is 22.4 Å². The highest BCUT2D eigenvalue weighted by Gasteiger charge is 2.50. The Bertz CT molecular complexity index is 755. The number of halogens is 3. The number of nitrogens with zero attached hydrogens (tertiary/aromatic N) is 2. The summed E-state index contributed by atoms with van der Waals surface area (Å²) in [6.45, 7) is 5.80. The molecule has 0 saturated carbocycles. The van der Waals surface area contributed by atoms with Crippen LogP contribution in [0.1, 0.15) is 25.8 Å². The molecule has 30 heavy (non-hydrogen) atoms. The lowest BCUT2D eigenvalue weighted by Crippen LogP contribution is -2.50. The minimum absolute atomic E-state index is 0.0517. The second-order valence-electron chi connectivity index (χ2n) is 7.64. The maximum atomic E-state index is 12.5. The van der Waals surface area contributed by atoms with E-state index in [1.807, 2.05) is 21.7 Å². The largest absolute Gasteiger partial charge is 0.490 e. The van der Waals surface area contributed by atoms with E-state index in [0.717, 1.165) is 25.1 Å². The predicted octanol–water partition coefficient (Wildman–Crippen LogP) is 1.98. The number of hydrogen-bond donors (Lipinski definition) is 2. The molecule has 0 aliphatic carbocycles. The predicted molar refractivity (Wildman–Crippen MR) is 105 cm³/mol. The Hall–Kier alpha value is -2.14. The Labute approximate surface area is 176 Å². The number of hydrogen-bond acceptors (Lipinski definition) is 5. The quantitative estimate of drug-likeness (QED) is 0.734. The summed E-state index contributed by atoms with van der Waals surface area (Å²) in [6, 6.07) is 2.58. The number of fused-ring (bicyclic) bond motifs is 1. The Kier molecular flexibility index (Phi) is 7.87. The van der Waals surface area contributed by atoms with Crippen LogP contribution in [0.5, 0.6) is 0 Å². The molecule has 2 fully saturated rings. The van der Waals surface area contributed by atoms with E-state index in [9.17, 15) is 22.8 Å². The molecule has 2 saturated heterocycles. The average molecular weight is 449 g/mol. The first-order valence-corrected chi connectivity index (χ1v) is 10.5. The monoisotopic (exact) mass is 449 g/mol. The van der Waals surface area contributed by atoms with Gasteiger partial charge in [0.15, 0.2) is 0 Å². The summed E-state index contributed by atoms with van der Waals surface area (Å²) in [4.78, 5) is 37.9. The van der Waals surface area contributed by atoms with Crippen molar-refractivity contribution < 1.29 is 32.7 Å². The van der Waals surface area contributed by atoms with Crippen molar-refractivity contribution in [2.24, 2.45) is 5.92 Å². The molecule has 1 aromatic rings. The maximum Gasteiger partial charge on any atom is 0.490 e. The molecule has 7 nitrogen and oxygen atoms in total. The lowest BCUT2D eigenvalue weighted by Gasteiger charge is -2.33. The normalized spacial score (nSPS) is 23.7. The van der Waals surface area contributed by atoms with E-state index in [-0.39, 0.29) is 17.9 Å². The number of likely N-dealkylation sites (tertiary alicyclic amines) is 2. The maximum absolute atomic E-state index is 12.5. The molecule has 2 aliphatic rings. The van der Waals surface area contributed by atoms with Crippen LogP contribution in [0.4, 0.5) is 13.2 Å². The molecule has 0 unspecified atom stereocenters. The molecule has 2 aliphatic heterocycles. The van der Waals surface area contributed by atoms with Gasteiger partial charge in [-0.1, -0.05) is 0 Å². The van der Waals surface area contributed by atoms with Crippen LogP contribution in [0.3, 0.4) is 0 Å². The van der Waals surface area contributed by atoms with Crippen LogP contribution < -0.4 is 5.32 Å². The third-order valence-corrected chi connectivity index (χ3v) is 6.08. The molecule has 1 aromatic heterocycles. The number of thiophene rings is 1. The number of rotatable bonds is 4. The molecule has 2 amide bonds. The summed E-state index contributed by atoms with van der Waals surface area (Å²) in [5, 5.41) is 14.0. The first-order chi connectivity index (χ1) is 14.0. The first kappa shape index (κ1) is 24.1. The molecule has 0 spiro atoms. The Balaban J connectivity index is 0.000000396. The highest BCUT2D eigenvalue weighted by atomic mass is 32.1. The standard InChI is InChI=1S/C17H25N3O2S.C2HF3O2/c1-11(2)20-14(17(22)18-3)7-13-8-19(9-15(13)20)16(21)6-12-4-5-23-10-12;3-2(4,5)1(6)7/h4-5,10-11,13-15H,6-9H2,1-3H3,(H,18,22);(H,6,7)/t13-,14-,15+;/m1./s1. The molecule has 11 heteroatoms. The summed E-state index contributed by atoms with van der Waals surface area (Å²) in [5.74, 6) is -2.04. The number of carboxylic acid groups (broad SMARTS) is 1. The van der Waals surface area contributed by atoms with E-state index < -0.39 is 12.1 Å². The molecule has 168 valence electrons. The van der Waals surface area contributed by atoms with E-state index in [1.54, 1.807) is 18.4 Å². The van der Waals surface area contributed by atoms with Crippen LogP contribution in [-0.4, -0.2) is 77.1 Å². The smallest absolute Gasteiger partial charge is 0.475 e. The van der Waals surface area contributed by atoms with Crippen LogP contribution in [0.25, 0.3) is 0 Å². The van der Waals surface area contributed by atoms with Crippen LogP contribution in [-0.2, 0) is 20.8 Å². The van der Waals surface area contributed by atoms with Gasteiger partial charge in [0, 0.05) is 32.2 Å². The van der Waals surface area contributed by atoms with Gasteiger partial charge >= 0.3 is 12.1 Å². The first-order valence-electron chi connectivity index (χ1n) is 9.53. The average Bonchev–Trinajstić information content (AvgIpc) is 3.35. The van der Waals surface area contributed by atoms with Crippen LogP contribution in [0.15, 0.2) is 16.8 Å². The lowest BCUT2D eigenvalue weighted by molar-refractivity contribution is -0.192. The third kappa shape index (κ3) is 5.72. The molecule has 0 radical (unpaired) electrons. The van der Waals surface area contributed by atoms with Gasteiger partial charge in [-0.25, -0.2) is 4.79 Å². The van der Waals surface area contributed by atoms with Crippen molar-refractivity contribution in [1.29, 1.82) is 0 Å². The SMILES string of the molecule is CNC(=O)[C@H]1C[C@@H]2CN(C(=O)Cc3ccsc3)C[C@@H]2N1C(C)C.O=C(O)C(F)(F)F. The molecule has 0 aromatic carbocycles. The summed E-state index contributed by atoms with van der Waals surface area (Å²) in [6.07, 6.45) is -3.74. The number of amides is 2. The van der Waals surface area contributed by atoms with Crippen molar-refractivity contribution in [2.45, 2.75) is 51.0 Å².